The summed E-state index contributed by atoms with van der Waals surface area (Å²) in [5.41, 5.74) is 8.50. The molecule has 1 saturated heterocycles. The second-order valence-electron chi connectivity index (χ2n) is 6.82. The normalized spacial score (nSPS) is 16.3. The Kier molecular flexibility index (Phi) is 6.09. The fraction of sp³-hybridized carbons (Fsp3) is 0.450. The molecule has 2 heterocycles. The molecule has 27 heavy (non-hydrogen) atoms. The van der Waals surface area contributed by atoms with Crippen LogP contribution < -0.4 is 21.3 Å². The van der Waals surface area contributed by atoms with E-state index in [1.807, 2.05) is 6.07 Å². The molecule has 1 aromatic heterocycles. The van der Waals surface area contributed by atoms with Crippen molar-refractivity contribution in [3.05, 3.63) is 35.5 Å². The van der Waals surface area contributed by atoms with E-state index in [-0.39, 0.29) is 0 Å². The Morgan fingerprint density at radius 2 is 2.15 bits per heavy atom. The number of nitrogens with two attached hydrogens (primary N) is 1. The van der Waals surface area contributed by atoms with Crippen LogP contribution in [-0.2, 0) is 6.42 Å². The molecule has 1 atom stereocenters. The summed E-state index contributed by atoms with van der Waals surface area (Å²) in [6, 6.07) is 9.98. The molecule has 1 aliphatic rings. The Labute approximate surface area is 160 Å². The van der Waals surface area contributed by atoms with Gasteiger partial charge in [-0.2, -0.15) is 10.2 Å². The molecule has 0 amide bonds. The quantitative estimate of drug-likeness (QED) is 0.648. The van der Waals surface area contributed by atoms with Crippen molar-refractivity contribution in [1.29, 1.82) is 5.26 Å². The molecule has 7 heteroatoms. The SMILES string of the molecule is CCCc1cc(N2CCC(NCC)C2)nc(Nc2ccc(N)c(C#N)c2)n1. The van der Waals surface area contributed by atoms with Crippen molar-refractivity contribution in [3.8, 4) is 6.07 Å². The third kappa shape index (κ3) is 4.66. The third-order valence-corrected chi connectivity index (χ3v) is 4.71. The Hall–Kier alpha value is -2.85. The molecular weight excluding hydrogens is 338 g/mol. The molecule has 0 bridgehead atoms. The van der Waals surface area contributed by atoms with Crippen LogP contribution in [0.4, 0.5) is 23.1 Å². The highest BCUT2D eigenvalue weighted by atomic mass is 15.3. The summed E-state index contributed by atoms with van der Waals surface area (Å²) >= 11 is 0. The van der Waals surface area contributed by atoms with Crippen molar-refractivity contribution < 1.29 is 0 Å². The van der Waals surface area contributed by atoms with Gasteiger partial charge in [0.1, 0.15) is 11.9 Å². The molecule has 1 aromatic carbocycles. The fourth-order valence-corrected chi connectivity index (χ4v) is 3.37. The van der Waals surface area contributed by atoms with Gasteiger partial charge in [-0.05, 0) is 37.6 Å². The van der Waals surface area contributed by atoms with Crippen LogP contribution in [0.25, 0.3) is 0 Å². The minimum Gasteiger partial charge on any atom is -0.398 e. The van der Waals surface area contributed by atoms with Crippen LogP contribution in [0, 0.1) is 11.3 Å². The van der Waals surface area contributed by atoms with E-state index in [9.17, 15) is 5.26 Å². The number of aromatic nitrogens is 2. The van der Waals surface area contributed by atoms with Gasteiger partial charge in [0.15, 0.2) is 0 Å². The largest absolute Gasteiger partial charge is 0.398 e. The number of likely N-dealkylation sites (N-methyl/N-ethyl adjacent to an activating group) is 1. The van der Waals surface area contributed by atoms with Gasteiger partial charge < -0.3 is 21.3 Å². The number of rotatable bonds is 7. The maximum absolute atomic E-state index is 9.18. The number of nitrogens with zero attached hydrogens (tertiary/aromatic N) is 4. The van der Waals surface area contributed by atoms with E-state index in [0.717, 1.165) is 56.1 Å². The maximum Gasteiger partial charge on any atom is 0.229 e. The molecule has 4 N–H and O–H groups in total. The van der Waals surface area contributed by atoms with Crippen molar-refractivity contribution in [2.24, 2.45) is 0 Å². The summed E-state index contributed by atoms with van der Waals surface area (Å²) in [5, 5.41) is 15.9. The van der Waals surface area contributed by atoms with Gasteiger partial charge in [0.2, 0.25) is 5.95 Å². The molecule has 0 radical (unpaired) electrons. The first-order valence-corrected chi connectivity index (χ1v) is 9.55. The van der Waals surface area contributed by atoms with E-state index in [1.54, 1.807) is 12.1 Å². The lowest BCUT2D eigenvalue weighted by Gasteiger charge is -2.19. The first-order chi connectivity index (χ1) is 13.1. The molecular formula is C20H27N7. The lowest BCUT2D eigenvalue weighted by Crippen LogP contribution is -2.32. The molecule has 0 spiro atoms. The smallest absolute Gasteiger partial charge is 0.229 e. The summed E-state index contributed by atoms with van der Waals surface area (Å²) in [6.07, 6.45) is 3.05. The zero-order valence-corrected chi connectivity index (χ0v) is 16.0. The number of benzene rings is 1. The van der Waals surface area contributed by atoms with Gasteiger partial charge in [-0.15, -0.1) is 0 Å². The standard InChI is InChI=1S/C20H27N7/c1-3-5-15-11-19(27-9-8-17(13-27)23-4-2)26-20(24-15)25-16-6-7-18(22)14(10-16)12-21/h6-7,10-11,17,23H,3-5,8-9,13,22H2,1-2H3,(H,24,25,26). The number of nitriles is 1. The second-order valence-corrected chi connectivity index (χ2v) is 6.82. The van der Waals surface area contributed by atoms with E-state index in [2.05, 4.69) is 46.5 Å². The monoisotopic (exact) mass is 365 g/mol. The zero-order valence-electron chi connectivity index (χ0n) is 16.0. The summed E-state index contributed by atoms with van der Waals surface area (Å²) in [6.45, 7) is 7.20. The number of hydrogen-bond donors (Lipinski definition) is 3. The number of nitrogen functional groups attached to an aromatic ring is 1. The van der Waals surface area contributed by atoms with E-state index < -0.39 is 0 Å². The van der Waals surface area contributed by atoms with Crippen molar-refractivity contribution in [2.45, 2.75) is 39.2 Å². The van der Waals surface area contributed by atoms with Crippen molar-refractivity contribution in [2.75, 3.05) is 35.6 Å². The van der Waals surface area contributed by atoms with Crippen LogP contribution in [0.5, 0.6) is 0 Å². The van der Waals surface area contributed by atoms with Gasteiger partial charge in [-0.25, -0.2) is 4.98 Å². The average Bonchev–Trinajstić information content (AvgIpc) is 3.12. The molecule has 7 nitrogen and oxygen atoms in total. The topological polar surface area (TPSA) is 103 Å². The highest BCUT2D eigenvalue weighted by molar-refractivity contribution is 5.65. The first kappa shape index (κ1) is 18.9. The second kappa shape index (κ2) is 8.69. The van der Waals surface area contributed by atoms with Crippen molar-refractivity contribution in [3.63, 3.8) is 0 Å². The summed E-state index contributed by atoms with van der Waals surface area (Å²) in [4.78, 5) is 11.7. The molecule has 1 fully saturated rings. The van der Waals surface area contributed by atoms with E-state index in [1.165, 1.54) is 0 Å². The first-order valence-electron chi connectivity index (χ1n) is 9.55. The van der Waals surface area contributed by atoms with Gasteiger partial charge in [-0.1, -0.05) is 20.3 Å². The molecule has 1 aliphatic heterocycles. The Balaban J connectivity index is 1.85. The molecule has 3 rings (SSSR count). The molecule has 2 aromatic rings. The van der Waals surface area contributed by atoms with Gasteiger partial charge in [0, 0.05) is 42.3 Å². The van der Waals surface area contributed by atoms with Crippen molar-refractivity contribution >= 4 is 23.1 Å². The van der Waals surface area contributed by atoms with Gasteiger partial charge in [-0.3, -0.25) is 0 Å². The summed E-state index contributed by atoms with van der Waals surface area (Å²) in [5.74, 6) is 1.50. The average molecular weight is 365 g/mol. The molecule has 142 valence electrons. The van der Waals surface area contributed by atoms with Crippen LogP contribution in [-0.4, -0.2) is 35.6 Å². The van der Waals surface area contributed by atoms with Crippen LogP contribution in [0.2, 0.25) is 0 Å². The summed E-state index contributed by atoms with van der Waals surface area (Å²) < 4.78 is 0. The number of anilines is 4. The lowest BCUT2D eigenvalue weighted by atomic mass is 10.2. The minimum absolute atomic E-state index is 0.443. The van der Waals surface area contributed by atoms with Crippen LogP contribution >= 0.6 is 0 Å². The van der Waals surface area contributed by atoms with E-state index in [0.29, 0.717) is 23.2 Å². The van der Waals surface area contributed by atoms with Crippen molar-refractivity contribution in [1.82, 2.24) is 15.3 Å². The predicted molar refractivity (Wildman–Crippen MR) is 109 cm³/mol. The number of aryl methyl sites for hydroxylation is 1. The molecule has 0 aliphatic carbocycles. The minimum atomic E-state index is 0.443. The Morgan fingerprint density at radius 1 is 1.30 bits per heavy atom. The highest BCUT2D eigenvalue weighted by Gasteiger charge is 2.23. The van der Waals surface area contributed by atoms with Crippen LogP contribution in [0.3, 0.4) is 0 Å². The third-order valence-electron chi connectivity index (χ3n) is 4.71. The van der Waals surface area contributed by atoms with Crippen LogP contribution in [0.1, 0.15) is 37.9 Å². The lowest BCUT2D eigenvalue weighted by molar-refractivity contribution is 0.571. The van der Waals surface area contributed by atoms with E-state index >= 15 is 0 Å². The predicted octanol–water partition coefficient (Wildman–Crippen LogP) is 2.81. The number of hydrogen-bond acceptors (Lipinski definition) is 7. The molecule has 1 unspecified atom stereocenters. The molecule has 0 saturated carbocycles. The Morgan fingerprint density at radius 3 is 2.89 bits per heavy atom. The van der Waals surface area contributed by atoms with Gasteiger partial charge in [0.25, 0.3) is 0 Å². The summed E-state index contributed by atoms with van der Waals surface area (Å²) in [7, 11) is 0. The van der Waals surface area contributed by atoms with E-state index in [4.69, 9.17) is 10.7 Å². The highest BCUT2D eigenvalue weighted by Crippen LogP contribution is 2.24. The van der Waals surface area contributed by atoms with Crippen LogP contribution in [0.15, 0.2) is 24.3 Å². The zero-order chi connectivity index (χ0) is 19.2. The number of nitrogens with one attached hydrogen (secondary N) is 2. The van der Waals surface area contributed by atoms with Gasteiger partial charge >= 0.3 is 0 Å². The van der Waals surface area contributed by atoms with Gasteiger partial charge in [0.05, 0.1) is 5.56 Å². The fourth-order valence-electron chi connectivity index (χ4n) is 3.37. The Bertz CT molecular complexity index is 828. The maximum atomic E-state index is 9.18.